The number of ether oxygens (including phenoxy) is 1. The van der Waals surface area contributed by atoms with Crippen LogP contribution in [0.2, 0.25) is 0 Å². The van der Waals surface area contributed by atoms with Crippen LogP contribution in [0.15, 0.2) is 0 Å². The monoisotopic (exact) mass is 208 g/mol. The molecule has 0 aromatic rings. The maximum atomic E-state index is 11.2. The number of sulfone groups is 1. The molecular formula is C8H16O4S. The van der Waals surface area contributed by atoms with Crippen molar-refractivity contribution in [2.75, 3.05) is 6.26 Å². The molecule has 0 fully saturated rings. The standard InChI is InChI=1S/C8H16O4S/c1-6(13(5,10)11)7(9)12-8(2,3)4/h6H,1-5H3. The molecular weight excluding hydrogens is 192 g/mol. The third-order valence-corrected chi connectivity index (χ3v) is 2.86. The Hall–Kier alpha value is -0.580. The van der Waals surface area contributed by atoms with E-state index in [-0.39, 0.29) is 0 Å². The third-order valence-electron chi connectivity index (χ3n) is 1.38. The highest BCUT2D eigenvalue weighted by Crippen LogP contribution is 2.11. The Bertz CT molecular complexity index is 284. The Morgan fingerprint density at radius 3 is 1.92 bits per heavy atom. The Morgan fingerprint density at radius 2 is 1.69 bits per heavy atom. The molecule has 0 aromatic heterocycles. The fourth-order valence-corrected chi connectivity index (χ4v) is 0.957. The molecule has 78 valence electrons. The smallest absolute Gasteiger partial charge is 0.324 e. The number of esters is 1. The van der Waals surface area contributed by atoms with E-state index in [0.717, 1.165) is 6.26 Å². The minimum Gasteiger partial charge on any atom is -0.459 e. The molecule has 0 spiro atoms. The fourth-order valence-electron chi connectivity index (χ4n) is 0.560. The van der Waals surface area contributed by atoms with Gasteiger partial charge in [0.25, 0.3) is 0 Å². The van der Waals surface area contributed by atoms with Crippen LogP contribution in [-0.4, -0.2) is 31.5 Å². The largest absolute Gasteiger partial charge is 0.459 e. The minimum atomic E-state index is -3.35. The predicted molar refractivity (Wildman–Crippen MR) is 50.2 cm³/mol. The SMILES string of the molecule is CC(C(=O)OC(C)(C)C)S(C)(=O)=O. The lowest BCUT2D eigenvalue weighted by molar-refractivity contribution is -0.153. The van der Waals surface area contributed by atoms with Crippen molar-refractivity contribution >= 4 is 15.8 Å². The van der Waals surface area contributed by atoms with Gasteiger partial charge in [0.2, 0.25) is 0 Å². The van der Waals surface area contributed by atoms with Crippen LogP contribution in [-0.2, 0) is 19.4 Å². The van der Waals surface area contributed by atoms with E-state index < -0.39 is 26.7 Å². The van der Waals surface area contributed by atoms with Gasteiger partial charge < -0.3 is 4.74 Å². The molecule has 1 atom stereocenters. The van der Waals surface area contributed by atoms with Crippen molar-refractivity contribution in [1.29, 1.82) is 0 Å². The van der Waals surface area contributed by atoms with Gasteiger partial charge in [0, 0.05) is 6.26 Å². The summed E-state index contributed by atoms with van der Waals surface area (Å²) in [6.07, 6.45) is 1.02. The van der Waals surface area contributed by atoms with Crippen LogP contribution in [0.4, 0.5) is 0 Å². The summed E-state index contributed by atoms with van der Waals surface area (Å²) in [7, 11) is -3.35. The zero-order valence-corrected chi connectivity index (χ0v) is 9.44. The fraction of sp³-hybridized carbons (Fsp3) is 0.875. The van der Waals surface area contributed by atoms with Crippen LogP contribution in [0.3, 0.4) is 0 Å². The number of carbonyl (C=O) groups is 1. The van der Waals surface area contributed by atoms with Crippen LogP contribution in [0, 0.1) is 0 Å². The Morgan fingerprint density at radius 1 is 1.31 bits per heavy atom. The van der Waals surface area contributed by atoms with Crippen molar-refractivity contribution in [3.05, 3.63) is 0 Å². The summed E-state index contributed by atoms with van der Waals surface area (Å²) in [5.74, 6) is -0.699. The van der Waals surface area contributed by atoms with Gasteiger partial charge in [0.05, 0.1) is 0 Å². The summed E-state index contributed by atoms with van der Waals surface area (Å²) >= 11 is 0. The summed E-state index contributed by atoms with van der Waals surface area (Å²) in [5.41, 5.74) is -0.643. The summed E-state index contributed by atoms with van der Waals surface area (Å²) in [5, 5.41) is -1.09. The summed E-state index contributed by atoms with van der Waals surface area (Å²) in [4.78, 5) is 11.2. The summed E-state index contributed by atoms with van der Waals surface area (Å²) in [6.45, 7) is 6.41. The van der Waals surface area contributed by atoms with E-state index in [0.29, 0.717) is 0 Å². The van der Waals surface area contributed by atoms with Crippen molar-refractivity contribution in [2.24, 2.45) is 0 Å². The second-order valence-corrected chi connectivity index (χ2v) is 6.37. The average molecular weight is 208 g/mol. The van der Waals surface area contributed by atoms with Gasteiger partial charge in [-0.2, -0.15) is 0 Å². The van der Waals surface area contributed by atoms with Gasteiger partial charge in [-0.3, -0.25) is 4.79 Å². The van der Waals surface area contributed by atoms with Crippen LogP contribution in [0.1, 0.15) is 27.7 Å². The maximum Gasteiger partial charge on any atom is 0.324 e. The molecule has 0 aliphatic carbocycles. The molecule has 0 heterocycles. The molecule has 0 bridgehead atoms. The molecule has 0 rings (SSSR count). The molecule has 0 aromatic carbocycles. The summed E-state index contributed by atoms with van der Waals surface area (Å²) < 4.78 is 26.8. The molecule has 0 aliphatic rings. The van der Waals surface area contributed by atoms with Gasteiger partial charge in [-0.05, 0) is 27.7 Å². The van der Waals surface area contributed by atoms with E-state index in [4.69, 9.17) is 4.74 Å². The van der Waals surface area contributed by atoms with Gasteiger partial charge in [-0.1, -0.05) is 0 Å². The van der Waals surface area contributed by atoms with E-state index in [2.05, 4.69) is 0 Å². The van der Waals surface area contributed by atoms with Crippen molar-refractivity contribution in [3.63, 3.8) is 0 Å². The third kappa shape index (κ3) is 4.87. The van der Waals surface area contributed by atoms with E-state index in [9.17, 15) is 13.2 Å². The molecule has 0 radical (unpaired) electrons. The van der Waals surface area contributed by atoms with E-state index in [1.165, 1.54) is 6.92 Å². The first kappa shape index (κ1) is 12.4. The average Bonchev–Trinajstić information content (AvgIpc) is 1.79. The second kappa shape index (κ2) is 3.65. The normalized spacial score (nSPS) is 15.2. The zero-order valence-electron chi connectivity index (χ0n) is 8.62. The van der Waals surface area contributed by atoms with Gasteiger partial charge in [-0.25, -0.2) is 8.42 Å². The predicted octanol–water partition coefficient (Wildman–Crippen LogP) is 0.761. The highest BCUT2D eigenvalue weighted by molar-refractivity contribution is 7.92. The quantitative estimate of drug-likeness (QED) is 0.629. The molecule has 0 saturated heterocycles. The van der Waals surface area contributed by atoms with Crippen molar-refractivity contribution in [3.8, 4) is 0 Å². The lowest BCUT2D eigenvalue weighted by atomic mass is 10.2. The minimum absolute atomic E-state index is 0.643. The lowest BCUT2D eigenvalue weighted by Crippen LogP contribution is -2.34. The van der Waals surface area contributed by atoms with E-state index >= 15 is 0 Å². The first-order chi connectivity index (χ1) is 5.54. The molecule has 4 nitrogen and oxygen atoms in total. The molecule has 13 heavy (non-hydrogen) atoms. The Balaban J connectivity index is 4.48. The lowest BCUT2D eigenvalue weighted by Gasteiger charge is -2.21. The first-order valence-corrected chi connectivity index (χ1v) is 5.91. The van der Waals surface area contributed by atoms with Crippen molar-refractivity contribution < 1.29 is 17.9 Å². The topological polar surface area (TPSA) is 60.4 Å². The van der Waals surface area contributed by atoms with Crippen molar-refractivity contribution in [2.45, 2.75) is 38.5 Å². The van der Waals surface area contributed by atoms with Gasteiger partial charge in [-0.15, -0.1) is 0 Å². The first-order valence-electron chi connectivity index (χ1n) is 3.96. The number of hydrogen-bond donors (Lipinski definition) is 0. The Kier molecular flexibility index (Phi) is 3.49. The zero-order chi connectivity index (χ0) is 10.9. The molecule has 0 saturated carbocycles. The number of carbonyl (C=O) groups excluding carboxylic acids is 1. The van der Waals surface area contributed by atoms with E-state index in [1.54, 1.807) is 20.8 Å². The number of hydrogen-bond acceptors (Lipinski definition) is 4. The summed E-state index contributed by atoms with van der Waals surface area (Å²) in [6, 6.07) is 0. The highest BCUT2D eigenvalue weighted by Gasteiger charge is 2.28. The molecule has 0 N–H and O–H groups in total. The second-order valence-electron chi connectivity index (χ2n) is 4.01. The molecule has 0 aliphatic heterocycles. The van der Waals surface area contributed by atoms with Crippen molar-refractivity contribution in [1.82, 2.24) is 0 Å². The van der Waals surface area contributed by atoms with Crippen LogP contribution < -0.4 is 0 Å². The molecule has 1 unspecified atom stereocenters. The van der Waals surface area contributed by atoms with Crippen LogP contribution in [0.25, 0.3) is 0 Å². The highest BCUT2D eigenvalue weighted by atomic mass is 32.2. The maximum absolute atomic E-state index is 11.2. The van der Waals surface area contributed by atoms with Gasteiger partial charge >= 0.3 is 5.97 Å². The molecule has 0 amide bonds. The van der Waals surface area contributed by atoms with Gasteiger partial charge in [0.15, 0.2) is 15.1 Å². The van der Waals surface area contributed by atoms with Gasteiger partial charge in [0.1, 0.15) is 5.60 Å². The number of rotatable bonds is 2. The molecule has 5 heteroatoms. The van der Waals surface area contributed by atoms with Crippen LogP contribution >= 0.6 is 0 Å². The van der Waals surface area contributed by atoms with Crippen LogP contribution in [0.5, 0.6) is 0 Å². The Labute approximate surface area is 79.2 Å². The van der Waals surface area contributed by atoms with E-state index in [1.807, 2.05) is 0 Å².